The van der Waals surface area contributed by atoms with Gasteiger partial charge in [0.1, 0.15) is 0 Å². The summed E-state index contributed by atoms with van der Waals surface area (Å²) in [5.41, 5.74) is 3.49. The molecule has 32 heavy (non-hydrogen) atoms. The number of ether oxygens (including phenoxy) is 2. The van der Waals surface area contributed by atoms with E-state index in [2.05, 4.69) is 13.2 Å². The van der Waals surface area contributed by atoms with Crippen LogP contribution in [0.1, 0.15) is 54.7 Å². The third-order valence-electron chi connectivity index (χ3n) is 4.39. The normalized spacial score (nSPS) is 12.3. The molecule has 0 amide bonds. The quantitative estimate of drug-likeness (QED) is 0.271. The van der Waals surface area contributed by atoms with E-state index in [0.29, 0.717) is 38.4 Å². The van der Waals surface area contributed by atoms with Crippen molar-refractivity contribution in [2.75, 3.05) is 13.2 Å². The van der Waals surface area contributed by atoms with E-state index in [-0.39, 0.29) is 25.6 Å². The van der Waals surface area contributed by atoms with Gasteiger partial charge >= 0.3 is 11.9 Å². The Morgan fingerprint density at radius 2 is 1.69 bits per heavy atom. The molecule has 0 saturated heterocycles. The Balaban J connectivity index is 3.87. The Labute approximate surface area is 196 Å². The predicted octanol–water partition coefficient (Wildman–Crippen LogP) is 6.83. The lowest BCUT2D eigenvalue weighted by Gasteiger charge is -2.17. The molecular formula is C27H31ClO4. The van der Waals surface area contributed by atoms with Crippen LogP contribution in [0, 0.1) is 0 Å². The minimum absolute atomic E-state index is 0.0146. The van der Waals surface area contributed by atoms with Gasteiger partial charge in [0.2, 0.25) is 0 Å². The summed E-state index contributed by atoms with van der Waals surface area (Å²) in [6.07, 6.45) is 12.5. The van der Waals surface area contributed by atoms with Gasteiger partial charge in [-0.1, -0.05) is 67.3 Å². The zero-order chi connectivity index (χ0) is 24.1. The van der Waals surface area contributed by atoms with Gasteiger partial charge in [0, 0.05) is 5.03 Å². The zero-order valence-electron chi connectivity index (χ0n) is 19.2. The van der Waals surface area contributed by atoms with Crippen molar-refractivity contribution in [2.45, 2.75) is 34.1 Å². The number of benzene rings is 1. The van der Waals surface area contributed by atoms with Crippen LogP contribution in [0.25, 0.3) is 11.1 Å². The van der Waals surface area contributed by atoms with Gasteiger partial charge in [-0.3, -0.25) is 4.79 Å². The van der Waals surface area contributed by atoms with Crippen LogP contribution in [0.5, 0.6) is 0 Å². The van der Waals surface area contributed by atoms with Crippen molar-refractivity contribution in [2.24, 2.45) is 0 Å². The van der Waals surface area contributed by atoms with E-state index >= 15 is 0 Å². The molecule has 0 spiro atoms. The van der Waals surface area contributed by atoms with E-state index in [1.807, 2.05) is 25.2 Å². The Morgan fingerprint density at radius 1 is 1.00 bits per heavy atom. The predicted molar refractivity (Wildman–Crippen MR) is 134 cm³/mol. The zero-order valence-corrected chi connectivity index (χ0v) is 20.0. The second kappa shape index (κ2) is 14.0. The average Bonchev–Trinajstić information content (AvgIpc) is 2.74. The first-order valence-corrected chi connectivity index (χ1v) is 10.8. The fourth-order valence-corrected chi connectivity index (χ4v) is 3.14. The summed E-state index contributed by atoms with van der Waals surface area (Å²) in [4.78, 5) is 25.2. The molecule has 1 aromatic rings. The van der Waals surface area contributed by atoms with Crippen LogP contribution in [-0.4, -0.2) is 25.2 Å². The molecule has 1 rings (SSSR count). The molecule has 0 unspecified atom stereocenters. The molecule has 0 N–H and O–H groups in total. The van der Waals surface area contributed by atoms with Gasteiger partial charge in [0.15, 0.2) is 0 Å². The first kappa shape index (κ1) is 26.9. The molecule has 170 valence electrons. The van der Waals surface area contributed by atoms with Crippen LogP contribution in [0.15, 0.2) is 72.9 Å². The number of carbonyl (C=O) groups is 2. The fourth-order valence-electron chi connectivity index (χ4n) is 2.98. The van der Waals surface area contributed by atoms with Crippen molar-refractivity contribution in [1.82, 2.24) is 0 Å². The number of hydrogen-bond acceptors (Lipinski definition) is 4. The third kappa shape index (κ3) is 7.86. The average molecular weight is 455 g/mol. The van der Waals surface area contributed by atoms with Crippen molar-refractivity contribution >= 4 is 34.7 Å². The molecule has 0 aliphatic carbocycles. The van der Waals surface area contributed by atoms with Crippen LogP contribution < -0.4 is 0 Å². The van der Waals surface area contributed by atoms with Crippen LogP contribution in [-0.2, 0) is 20.7 Å². The lowest BCUT2D eigenvalue weighted by Crippen LogP contribution is -2.13. The highest BCUT2D eigenvalue weighted by atomic mass is 35.5. The first-order valence-electron chi connectivity index (χ1n) is 10.4. The van der Waals surface area contributed by atoms with E-state index in [4.69, 9.17) is 21.1 Å². The highest BCUT2D eigenvalue weighted by Crippen LogP contribution is 2.32. The fraction of sp³-hybridized carbons (Fsp3) is 0.259. The third-order valence-corrected chi connectivity index (χ3v) is 4.59. The summed E-state index contributed by atoms with van der Waals surface area (Å²) in [6, 6.07) is 3.48. The standard InChI is InChI=1S/C27H31ClO4/c1-7-11-13-14-19(5)23-16-21(17-26(29)31-9-3)24(18-25(23)27(30)32-10-4)22(20(6)28)15-12-8-2/h7-8,11-16,18H,2,5,9-10,17H2,1,3-4,6H3/b11-7-,14-13-,15-12-,22-20-. The Morgan fingerprint density at radius 3 is 2.25 bits per heavy atom. The maximum atomic E-state index is 12.8. The largest absolute Gasteiger partial charge is 0.466 e. The van der Waals surface area contributed by atoms with Crippen LogP contribution in [0.4, 0.5) is 0 Å². The topological polar surface area (TPSA) is 52.6 Å². The number of rotatable bonds is 11. The second-order valence-electron chi connectivity index (χ2n) is 6.71. The van der Waals surface area contributed by atoms with Crippen LogP contribution >= 0.6 is 11.6 Å². The van der Waals surface area contributed by atoms with Crippen molar-refractivity contribution in [3.8, 4) is 0 Å². The summed E-state index contributed by atoms with van der Waals surface area (Å²) in [5.74, 6) is -0.857. The Kier molecular flexibility index (Phi) is 11.8. The van der Waals surface area contributed by atoms with E-state index in [1.165, 1.54) is 0 Å². The second-order valence-corrected chi connectivity index (χ2v) is 7.28. The molecule has 0 atom stereocenters. The molecule has 1 aromatic carbocycles. The van der Waals surface area contributed by atoms with Crippen molar-refractivity contribution in [3.63, 3.8) is 0 Å². The molecule has 0 aromatic heterocycles. The molecule has 0 bridgehead atoms. The first-order chi connectivity index (χ1) is 15.3. The molecule has 0 heterocycles. The SMILES string of the molecule is C=C/C=C\C(=C(/C)Cl)c1cc(C(=O)OCC)c(C(=C)/C=C\C=C/C)cc1CC(=O)OCC. The summed E-state index contributed by atoms with van der Waals surface area (Å²) in [6.45, 7) is 15.5. The molecule has 0 radical (unpaired) electrons. The Bertz CT molecular complexity index is 974. The molecule has 0 aliphatic rings. The molecule has 0 saturated carbocycles. The van der Waals surface area contributed by atoms with Crippen molar-refractivity contribution in [3.05, 3.63) is 95.1 Å². The van der Waals surface area contributed by atoms with Crippen LogP contribution in [0.2, 0.25) is 0 Å². The molecule has 5 heteroatoms. The summed E-state index contributed by atoms with van der Waals surface area (Å²) in [5, 5.41) is 0.502. The van der Waals surface area contributed by atoms with Gasteiger partial charge < -0.3 is 9.47 Å². The maximum absolute atomic E-state index is 12.8. The summed E-state index contributed by atoms with van der Waals surface area (Å²) >= 11 is 6.39. The molecule has 0 fully saturated rings. The van der Waals surface area contributed by atoms with E-state index in [9.17, 15) is 9.59 Å². The number of esters is 2. The minimum Gasteiger partial charge on any atom is -0.466 e. The number of hydrogen-bond donors (Lipinski definition) is 0. The van der Waals surface area contributed by atoms with Crippen molar-refractivity contribution in [1.29, 1.82) is 0 Å². The van der Waals surface area contributed by atoms with Gasteiger partial charge in [-0.25, -0.2) is 4.79 Å². The van der Waals surface area contributed by atoms with Gasteiger partial charge in [0.25, 0.3) is 0 Å². The maximum Gasteiger partial charge on any atom is 0.338 e. The van der Waals surface area contributed by atoms with E-state index < -0.39 is 5.97 Å². The summed E-state index contributed by atoms with van der Waals surface area (Å²) in [7, 11) is 0. The number of carbonyl (C=O) groups excluding carboxylic acids is 2. The number of halogens is 1. The number of allylic oxidation sites excluding steroid dienone is 10. The van der Waals surface area contributed by atoms with E-state index in [0.717, 1.165) is 0 Å². The summed E-state index contributed by atoms with van der Waals surface area (Å²) < 4.78 is 10.4. The Hall–Kier alpha value is -3.11. The van der Waals surface area contributed by atoms with Crippen LogP contribution in [0.3, 0.4) is 0 Å². The van der Waals surface area contributed by atoms with Gasteiger partial charge in [-0.05, 0) is 67.7 Å². The lowest BCUT2D eigenvalue weighted by molar-refractivity contribution is -0.142. The minimum atomic E-state index is -0.480. The monoisotopic (exact) mass is 454 g/mol. The van der Waals surface area contributed by atoms with Crippen molar-refractivity contribution < 1.29 is 19.1 Å². The highest BCUT2D eigenvalue weighted by Gasteiger charge is 2.21. The van der Waals surface area contributed by atoms with Gasteiger partial charge in [-0.2, -0.15) is 0 Å². The smallest absolute Gasteiger partial charge is 0.338 e. The molecule has 4 nitrogen and oxygen atoms in total. The highest BCUT2D eigenvalue weighted by molar-refractivity contribution is 6.33. The van der Waals surface area contributed by atoms with Gasteiger partial charge in [0.05, 0.1) is 25.2 Å². The molecule has 0 aliphatic heterocycles. The van der Waals surface area contributed by atoms with E-state index in [1.54, 1.807) is 57.2 Å². The van der Waals surface area contributed by atoms with Gasteiger partial charge in [-0.15, -0.1) is 0 Å². The lowest BCUT2D eigenvalue weighted by atomic mass is 9.89. The molecular weight excluding hydrogens is 424 g/mol.